The zero-order valence-electron chi connectivity index (χ0n) is 10.5. The van der Waals surface area contributed by atoms with Gasteiger partial charge < -0.3 is 14.4 Å². The van der Waals surface area contributed by atoms with Crippen LogP contribution in [0, 0.1) is 0 Å². The lowest BCUT2D eigenvalue weighted by molar-refractivity contribution is 0.0702. The Kier molecular flexibility index (Phi) is 3.39. The fourth-order valence-electron chi connectivity index (χ4n) is 1.90. The van der Waals surface area contributed by atoms with Crippen LogP contribution in [0.15, 0.2) is 43.0 Å². The number of ether oxygens (including phenoxy) is 1. The van der Waals surface area contributed by atoms with Crippen LogP contribution < -0.4 is 4.74 Å². The molecule has 0 aliphatic rings. The third kappa shape index (κ3) is 2.65. The molecule has 1 N–H and O–H groups in total. The lowest BCUT2D eigenvalue weighted by Crippen LogP contribution is -2.06. The van der Waals surface area contributed by atoms with Gasteiger partial charge in [0.1, 0.15) is 17.2 Å². The lowest BCUT2D eigenvalue weighted by atomic mass is 10.2. The number of aromatic nitrogens is 2. The first kappa shape index (κ1) is 12.7. The van der Waals surface area contributed by atoms with Crippen molar-refractivity contribution >= 4 is 27.4 Å². The third-order valence-electron chi connectivity index (χ3n) is 2.88. The van der Waals surface area contributed by atoms with Crippen molar-refractivity contribution in [3.8, 4) is 5.75 Å². The van der Waals surface area contributed by atoms with E-state index in [9.17, 15) is 4.79 Å². The number of carbonyl (C=O) groups is 1. The monoisotopic (exact) mass is 288 g/mol. The van der Waals surface area contributed by atoms with Crippen LogP contribution in [0.3, 0.4) is 0 Å². The standard InChI is InChI=1S/C14H12N2O3S/c17-14(18)13-8-10-7-11(1-2-12(10)20-13)19-6-5-16-4-3-15-9-16/h1-4,7-9H,5-6H2,(H,17,18). The molecule has 6 heteroatoms. The van der Waals surface area contributed by atoms with E-state index in [0.717, 1.165) is 22.4 Å². The van der Waals surface area contributed by atoms with Crippen LogP contribution in [0.25, 0.3) is 10.1 Å². The van der Waals surface area contributed by atoms with Gasteiger partial charge in [0.25, 0.3) is 0 Å². The largest absolute Gasteiger partial charge is 0.492 e. The van der Waals surface area contributed by atoms with Crippen molar-refractivity contribution in [2.45, 2.75) is 6.54 Å². The van der Waals surface area contributed by atoms with Crippen LogP contribution in [0.5, 0.6) is 5.75 Å². The van der Waals surface area contributed by atoms with Crippen LogP contribution >= 0.6 is 11.3 Å². The van der Waals surface area contributed by atoms with Crippen molar-refractivity contribution in [1.29, 1.82) is 0 Å². The van der Waals surface area contributed by atoms with Gasteiger partial charge in [-0.2, -0.15) is 0 Å². The molecular weight excluding hydrogens is 276 g/mol. The highest BCUT2D eigenvalue weighted by Gasteiger charge is 2.08. The summed E-state index contributed by atoms with van der Waals surface area (Å²) < 4.78 is 8.55. The van der Waals surface area contributed by atoms with Gasteiger partial charge in [-0.1, -0.05) is 0 Å². The highest BCUT2D eigenvalue weighted by molar-refractivity contribution is 7.20. The van der Waals surface area contributed by atoms with E-state index < -0.39 is 5.97 Å². The summed E-state index contributed by atoms with van der Waals surface area (Å²) in [6.45, 7) is 1.26. The highest BCUT2D eigenvalue weighted by atomic mass is 32.1. The van der Waals surface area contributed by atoms with Crippen LogP contribution in [-0.4, -0.2) is 27.2 Å². The number of fused-ring (bicyclic) bond motifs is 1. The molecule has 0 bridgehead atoms. The van der Waals surface area contributed by atoms with E-state index in [1.165, 1.54) is 11.3 Å². The first-order chi connectivity index (χ1) is 9.72. The molecule has 0 saturated carbocycles. The molecule has 0 unspecified atom stereocenters. The smallest absolute Gasteiger partial charge is 0.345 e. The summed E-state index contributed by atoms with van der Waals surface area (Å²) in [4.78, 5) is 15.2. The van der Waals surface area contributed by atoms with Gasteiger partial charge in [-0.05, 0) is 29.7 Å². The summed E-state index contributed by atoms with van der Waals surface area (Å²) in [5.41, 5.74) is 0. The second-order valence-electron chi connectivity index (χ2n) is 4.26. The summed E-state index contributed by atoms with van der Waals surface area (Å²) >= 11 is 1.27. The molecule has 0 spiro atoms. The molecule has 0 saturated heterocycles. The minimum Gasteiger partial charge on any atom is -0.492 e. The Morgan fingerprint density at radius 2 is 2.30 bits per heavy atom. The average Bonchev–Trinajstić information content (AvgIpc) is 3.06. The van der Waals surface area contributed by atoms with Crippen LogP contribution in [0.2, 0.25) is 0 Å². The first-order valence-electron chi connectivity index (χ1n) is 6.08. The van der Waals surface area contributed by atoms with Gasteiger partial charge in [0, 0.05) is 17.1 Å². The Hall–Kier alpha value is -2.34. The fourth-order valence-corrected chi connectivity index (χ4v) is 2.79. The molecule has 3 rings (SSSR count). The third-order valence-corrected chi connectivity index (χ3v) is 3.98. The molecular formula is C14H12N2O3S. The van der Waals surface area contributed by atoms with Gasteiger partial charge >= 0.3 is 5.97 Å². The van der Waals surface area contributed by atoms with Gasteiger partial charge in [0.15, 0.2) is 0 Å². The number of aromatic carboxylic acids is 1. The van der Waals surface area contributed by atoms with E-state index in [-0.39, 0.29) is 0 Å². The Morgan fingerprint density at radius 1 is 1.40 bits per heavy atom. The Balaban J connectivity index is 1.70. The van der Waals surface area contributed by atoms with Crippen molar-refractivity contribution in [3.05, 3.63) is 47.9 Å². The second-order valence-corrected chi connectivity index (χ2v) is 5.35. The molecule has 0 fully saturated rings. The topological polar surface area (TPSA) is 64.3 Å². The van der Waals surface area contributed by atoms with Gasteiger partial charge in [0.05, 0.1) is 12.9 Å². The summed E-state index contributed by atoms with van der Waals surface area (Å²) in [5, 5.41) is 9.87. The van der Waals surface area contributed by atoms with Crippen molar-refractivity contribution in [2.24, 2.45) is 0 Å². The molecule has 5 nitrogen and oxygen atoms in total. The molecule has 0 radical (unpaired) electrons. The zero-order chi connectivity index (χ0) is 13.9. The summed E-state index contributed by atoms with van der Waals surface area (Å²) in [6, 6.07) is 7.29. The number of hydrogen-bond donors (Lipinski definition) is 1. The highest BCUT2D eigenvalue weighted by Crippen LogP contribution is 2.29. The molecule has 102 valence electrons. The van der Waals surface area contributed by atoms with Crippen molar-refractivity contribution < 1.29 is 14.6 Å². The van der Waals surface area contributed by atoms with Gasteiger partial charge in [-0.15, -0.1) is 11.3 Å². The summed E-state index contributed by atoms with van der Waals surface area (Å²) in [5.74, 6) is -0.152. The Morgan fingerprint density at radius 3 is 3.05 bits per heavy atom. The van der Waals surface area contributed by atoms with Crippen molar-refractivity contribution in [3.63, 3.8) is 0 Å². The number of rotatable bonds is 5. The normalized spacial score (nSPS) is 10.8. The molecule has 0 aliphatic heterocycles. The zero-order valence-corrected chi connectivity index (χ0v) is 11.3. The Labute approximate surface area is 119 Å². The van der Waals surface area contributed by atoms with Crippen LogP contribution in [-0.2, 0) is 6.54 Å². The predicted molar refractivity (Wildman–Crippen MR) is 76.5 cm³/mol. The summed E-state index contributed by atoms with van der Waals surface area (Å²) in [6.07, 6.45) is 5.35. The van der Waals surface area contributed by atoms with Gasteiger partial charge in [0.2, 0.25) is 0 Å². The van der Waals surface area contributed by atoms with E-state index in [1.54, 1.807) is 18.6 Å². The van der Waals surface area contributed by atoms with Crippen LogP contribution in [0.4, 0.5) is 0 Å². The number of carboxylic acids is 1. The van der Waals surface area contributed by atoms with E-state index in [4.69, 9.17) is 9.84 Å². The maximum absolute atomic E-state index is 10.9. The van der Waals surface area contributed by atoms with E-state index in [2.05, 4.69) is 4.98 Å². The van der Waals surface area contributed by atoms with Gasteiger partial charge in [-0.3, -0.25) is 0 Å². The predicted octanol–water partition coefficient (Wildman–Crippen LogP) is 2.88. The lowest BCUT2D eigenvalue weighted by Gasteiger charge is -2.06. The van der Waals surface area contributed by atoms with E-state index in [0.29, 0.717) is 11.5 Å². The molecule has 2 aromatic heterocycles. The van der Waals surface area contributed by atoms with Crippen LogP contribution in [0.1, 0.15) is 9.67 Å². The molecule has 0 aliphatic carbocycles. The summed E-state index contributed by atoms with van der Waals surface area (Å²) in [7, 11) is 0. The van der Waals surface area contributed by atoms with E-state index in [1.807, 2.05) is 29.0 Å². The number of thiophene rings is 1. The van der Waals surface area contributed by atoms with E-state index >= 15 is 0 Å². The number of hydrogen-bond acceptors (Lipinski definition) is 4. The fraction of sp³-hybridized carbons (Fsp3) is 0.143. The minimum absolute atomic E-state index is 0.343. The number of carboxylic acid groups (broad SMARTS) is 1. The van der Waals surface area contributed by atoms with Crippen molar-refractivity contribution in [1.82, 2.24) is 9.55 Å². The molecule has 3 aromatic rings. The number of nitrogens with zero attached hydrogens (tertiary/aromatic N) is 2. The number of benzene rings is 1. The van der Waals surface area contributed by atoms with Crippen molar-refractivity contribution in [2.75, 3.05) is 6.61 Å². The average molecular weight is 288 g/mol. The number of imidazole rings is 1. The van der Waals surface area contributed by atoms with Gasteiger partial charge in [-0.25, -0.2) is 9.78 Å². The molecule has 2 heterocycles. The minimum atomic E-state index is -0.895. The maximum atomic E-state index is 10.9. The molecule has 0 atom stereocenters. The maximum Gasteiger partial charge on any atom is 0.345 e. The molecule has 1 aromatic carbocycles. The Bertz CT molecular complexity index is 734. The molecule has 0 amide bonds. The first-order valence-corrected chi connectivity index (χ1v) is 6.89. The molecule has 20 heavy (non-hydrogen) atoms. The SMILES string of the molecule is O=C(O)c1cc2cc(OCCn3ccnc3)ccc2s1. The quantitative estimate of drug-likeness (QED) is 0.784. The second kappa shape index (κ2) is 5.34.